The fourth-order valence-corrected chi connectivity index (χ4v) is 2.63. The number of aromatic nitrogens is 2. The number of amides is 2. The van der Waals surface area contributed by atoms with E-state index in [9.17, 15) is 19.2 Å². The Hall–Kier alpha value is -2.87. The van der Waals surface area contributed by atoms with Crippen LogP contribution in [0.4, 0.5) is 5.69 Å². The quantitative estimate of drug-likeness (QED) is 0.599. The minimum absolute atomic E-state index is 0.00846. The monoisotopic (exact) mass is 378 g/mol. The van der Waals surface area contributed by atoms with Crippen LogP contribution in [-0.4, -0.2) is 28.3 Å². The van der Waals surface area contributed by atoms with Crippen LogP contribution in [0.25, 0.3) is 0 Å². The first-order valence-corrected chi connectivity index (χ1v) is 8.29. The van der Waals surface area contributed by atoms with Gasteiger partial charge in [0.15, 0.2) is 0 Å². The highest BCUT2D eigenvalue weighted by Crippen LogP contribution is 2.22. The topological polar surface area (TPSA) is 124 Å². The molecule has 2 amide bonds. The number of aromatic amines is 2. The predicted octanol–water partition coefficient (Wildman–Crippen LogP) is 1.02. The number of carbonyl (C=O) groups excluding carboxylic acids is 2. The summed E-state index contributed by atoms with van der Waals surface area (Å²) in [7, 11) is 0. The molecule has 0 aliphatic rings. The molecule has 2 rings (SSSR count). The van der Waals surface area contributed by atoms with Crippen LogP contribution in [0.3, 0.4) is 0 Å². The van der Waals surface area contributed by atoms with Crippen LogP contribution >= 0.6 is 11.6 Å². The molecule has 1 aromatic heterocycles. The van der Waals surface area contributed by atoms with E-state index in [1.165, 1.54) is 0 Å². The molecule has 0 aliphatic heterocycles. The minimum atomic E-state index is -0.591. The van der Waals surface area contributed by atoms with E-state index >= 15 is 0 Å². The summed E-state index contributed by atoms with van der Waals surface area (Å²) in [6, 6.07) is 5.21. The van der Waals surface area contributed by atoms with E-state index in [4.69, 9.17) is 11.6 Å². The lowest BCUT2D eigenvalue weighted by Crippen LogP contribution is -2.34. The highest BCUT2D eigenvalue weighted by molar-refractivity contribution is 6.33. The molecule has 0 atom stereocenters. The van der Waals surface area contributed by atoms with Gasteiger partial charge in [-0.25, -0.2) is 4.79 Å². The highest BCUT2D eigenvalue weighted by Gasteiger charge is 2.11. The van der Waals surface area contributed by atoms with Gasteiger partial charge >= 0.3 is 5.69 Å². The zero-order valence-corrected chi connectivity index (χ0v) is 15.1. The number of carbonyl (C=O) groups is 2. The normalized spacial score (nSPS) is 10.4. The third kappa shape index (κ3) is 5.32. The maximum atomic E-state index is 11.9. The van der Waals surface area contributed by atoms with Crippen molar-refractivity contribution in [1.82, 2.24) is 15.3 Å². The minimum Gasteiger partial charge on any atom is -0.347 e. The first-order valence-electron chi connectivity index (χ1n) is 7.91. The smallest absolute Gasteiger partial charge is 0.325 e. The summed E-state index contributed by atoms with van der Waals surface area (Å²) in [5.74, 6) is -0.803. The SMILES string of the molecule is Cc1ccc(NC(=O)CNC(=O)CCc2c(C)[nH]c(=O)[nH]c2=O)c(Cl)c1. The average Bonchev–Trinajstić information content (AvgIpc) is 2.54. The lowest BCUT2D eigenvalue weighted by atomic mass is 10.1. The first-order chi connectivity index (χ1) is 12.3. The summed E-state index contributed by atoms with van der Waals surface area (Å²) < 4.78 is 0. The maximum absolute atomic E-state index is 11.9. The highest BCUT2D eigenvalue weighted by atomic mass is 35.5. The maximum Gasteiger partial charge on any atom is 0.325 e. The molecule has 26 heavy (non-hydrogen) atoms. The summed E-state index contributed by atoms with van der Waals surface area (Å²) in [5.41, 5.74) is 1.06. The van der Waals surface area contributed by atoms with Gasteiger partial charge in [-0.05, 0) is 38.0 Å². The van der Waals surface area contributed by atoms with Crippen LogP contribution in [0.15, 0.2) is 27.8 Å². The first kappa shape index (κ1) is 19.5. The van der Waals surface area contributed by atoms with Gasteiger partial charge in [0.05, 0.1) is 17.3 Å². The van der Waals surface area contributed by atoms with Crippen LogP contribution in [-0.2, 0) is 16.0 Å². The van der Waals surface area contributed by atoms with Crippen LogP contribution < -0.4 is 21.9 Å². The van der Waals surface area contributed by atoms with E-state index in [-0.39, 0.29) is 25.3 Å². The molecule has 8 nitrogen and oxygen atoms in total. The van der Waals surface area contributed by atoms with Gasteiger partial charge in [-0.3, -0.25) is 19.4 Å². The van der Waals surface area contributed by atoms with Crippen molar-refractivity contribution in [3.05, 3.63) is 60.9 Å². The van der Waals surface area contributed by atoms with E-state index in [0.29, 0.717) is 22.0 Å². The number of benzene rings is 1. The molecule has 4 N–H and O–H groups in total. The van der Waals surface area contributed by atoms with Gasteiger partial charge < -0.3 is 15.6 Å². The van der Waals surface area contributed by atoms with Crippen molar-refractivity contribution in [3.8, 4) is 0 Å². The number of halogens is 1. The van der Waals surface area contributed by atoms with Crippen molar-refractivity contribution in [3.63, 3.8) is 0 Å². The molecule has 9 heteroatoms. The lowest BCUT2D eigenvalue weighted by Gasteiger charge is -2.09. The van der Waals surface area contributed by atoms with Gasteiger partial charge in [0.25, 0.3) is 5.56 Å². The summed E-state index contributed by atoms with van der Waals surface area (Å²) in [4.78, 5) is 51.2. The summed E-state index contributed by atoms with van der Waals surface area (Å²) >= 11 is 6.03. The number of hydrogen-bond donors (Lipinski definition) is 4. The molecule has 0 bridgehead atoms. The zero-order valence-electron chi connectivity index (χ0n) is 14.4. The molecule has 0 spiro atoms. The second-order valence-corrected chi connectivity index (χ2v) is 6.23. The van der Waals surface area contributed by atoms with Crippen molar-refractivity contribution in [2.24, 2.45) is 0 Å². The Morgan fingerprint density at radius 2 is 1.85 bits per heavy atom. The summed E-state index contributed by atoms with van der Waals surface area (Å²) in [6.45, 7) is 3.25. The molecule has 2 aromatic rings. The average molecular weight is 379 g/mol. The lowest BCUT2D eigenvalue weighted by molar-refractivity contribution is -0.124. The number of aryl methyl sites for hydroxylation is 2. The van der Waals surface area contributed by atoms with Gasteiger partial charge in [-0.15, -0.1) is 0 Å². The fraction of sp³-hybridized carbons (Fsp3) is 0.294. The van der Waals surface area contributed by atoms with E-state index in [1.54, 1.807) is 19.1 Å². The predicted molar refractivity (Wildman–Crippen MR) is 98.6 cm³/mol. The second kappa shape index (κ2) is 8.48. The molecule has 0 saturated carbocycles. The third-order valence-electron chi connectivity index (χ3n) is 3.70. The van der Waals surface area contributed by atoms with Crippen molar-refractivity contribution < 1.29 is 9.59 Å². The Morgan fingerprint density at radius 3 is 2.50 bits per heavy atom. The van der Waals surface area contributed by atoms with E-state index < -0.39 is 17.2 Å². The van der Waals surface area contributed by atoms with Gasteiger partial charge in [-0.2, -0.15) is 0 Å². The van der Waals surface area contributed by atoms with Crippen molar-refractivity contribution in [1.29, 1.82) is 0 Å². The van der Waals surface area contributed by atoms with Crippen LogP contribution in [0.2, 0.25) is 5.02 Å². The van der Waals surface area contributed by atoms with Gasteiger partial charge in [0.2, 0.25) is 11.8 Å². The standard InChI is InChI=1S/C17H19ClN4O4/c1-9-3-5-13(12(18)7-9)21-15(24)8-19-14(23)6-4-11-10(2)20-17(26)22-16(11)25/h3,5,7H,4,6,8H2,1-2H3,(H,19,23)(H,21,24)(H2,20,22,25,26). The Bertz CT molecular complexity index is 949. The van der Waals surface area contributed by atoms with E-state index in [0.717, 1.165) is 5.56 Å². The molecule has 0 saturated heterocycles. The second-order valence-electron chi connectivity index (χ2n) is 5.82. The summed E-state index contributed by atoms with van der Waals surface area (Å²) in [6.07, 6.45) is 0.156. The Kier molecular flexibility index (Phi) is 6.35. The van der Waals surface area contributed by atoms with Crippen LogP contribution in [0.5, 0.6) is 0 Å². The molecule has 1 heterocycles. The number of hydrogen-bond acceptors (Lipinski definition) is 4. The molecular formula is C17H19ClN4O4. The fourth-order valence-electron chi connectivity index (χ4n) is 2.35. The van der Waals surface area contributed by atoms with E-state index in [1.807, 2.05) is 13.0 Å². The van der Waals surface area contributed by atoms with Gasteiger partial charge in [0, 0.05) is 17.7 Å². The van der Waals surface area contributed by atoms with Crippen molar-refractivity contribution >= 4 is 29.1 Å². The van der Waals surface area contributed by atoms with Crippen molar-refractivity contribution in [2.45, 2.75) is 26.7 Å². The number of H-pyrrole nitrogens is 2. The third-order valence-corrected chi connectivity index (χ3v) is 4.01. The Labute approximate surface area is 154 Å². The number of rotatable bonds is 6. The zero-order chi connectivity index (χ0) is 19.3. The Balaban J connectivity index is 1.84. The van der Waals surface area contributed by atoms with E-state index in [2.05, 4.69) is 20.6 Å². The molecular weight excluding hydrogens is 360 g/mol. The largest absolute Gasteiger partial charge is 0.347 e. The van der Waals surface area contributed by atoms with Gasteiger partial charge in [0.1, 0.15) is 0 Å². The summed E-state index contributed by atoms with van der Waals surface area (Å²) in [5, 5.41) is 5.50. The molecule has 0 unspecified atom stereocenters. The van der Waals surface area contributed by atoms with Crippen LogP contribution in [0, 0.1) is 13.8 Å². The molecule has 0 radical (unpaired) electrons. The molecule has 0 fully saturated rings. The number of nitrogens with one attached hydrogen (secondary N) is 4. The molecule has 138 valence electrons. The van der Waals surface area contributed by atoms with Crippen molar-refractivity contribution in [2.75, 3.05) is 11.9 Å². The Morgan fingerprint density at radius 1 is 1.12 bits per heavy atom. The number of anilines is 1. The van der Waals surface area contributed by atoms with Gasteiger partial charge in [-0.1, -0.05) is 17.7 Å². The molecule has 0 aliphatic carbocycles. The van der Waals surface area contributed by atoms with Crippen LogP contribution in [0.1, 0.15) is 23.2 Å². The molecule has 1 aromatic carbocycles.